The second-order valence-corrected chi connectivity index (χ2v) is 4.20. The average Bonchev–Trinajstić information content (AvgIpc) is 2.52. The molecule has 0 saturated heterocycles. The van der Waals surface area contributed by atoms with Crippen LogP contribution in [0.1, 0.15) is 21.5 Å². The Kier molecular flexibility index (Phi) is 4.47. The molecule has 0 unspecified atom stereocenters. The number of ether oxygens (including phenoxy) is 2. The van der Waals surface area contributed by atoms with Gasteiger partial charge in [0, 0.05) is 11.1 Å². The van der Waals surface area contributed by atoms with Gasteiger partial charge in [0.05, 0.1) is 19.8 Å². The van der Waals surface area contributed by atoms with Crippen molar-refractivity contribution in [1.29, 1.82) is 0 Å². The van der Waals surface area contributed by atoms with E-state index in [0.29, 0.717) is 11.5 Å². The van der Waals surface area contributed by atoms with Gasteiger partial charge in [-0.25, -0.2) is 4.79 Å². The van der Waals surface area contributed by atoms with Crippen molar-refractivity contribution in [1.82, 2.24) is 0 Å². The fourth-order valence-corrected chi connectivity index (χ4v) is 1.75. The zero-order valence-electron chi connectivity index (χ0n) is 11.7. The number of hydrogen-bond acceptors (Lipinski definition) is 3. The summed E-state index contributed by atoms with van der Waals surface area (Å²) >= 11 is 0. The van der Waals surface area contributed by atoms with E-state index in [4.69, 9.17) is 14.6 Å². The van der Waals surface area contributed by atoms with Gasteiger partial charge >= 0.3 is 5.97 Å². The molecule has 0 radical (unpaired) electrons. The minimum absolute atomic E-state index is 0.242. The molecule has 0 aromatic heterocycles. The zero-order valence-corrected chi connectivity index (χ0v) is 11.7. The maximum Gasteiger partial charge on any atom is 0.335 e. The number of carboxylic acid groups (broad SMARTS) is 1. The maximum absolute atomic E-state index is 10.8. The Balaban J connectivity index is 2.24. The largest absolute Gasteiger partial charge is 0.493 e. The maximum atomic E-state index is 10.8. The van der Waals surface area contributed by atoms with Gasteiger partial charge in [0.2, 0.25) is 0 Å². The monoisotopic (exact) mass is 282 g/mol. The highest BCUT2D eigenvalue weighted by Crippen LogP contribution is 2.27. The fourth-order valence-electron chi connectivity index (χ4n) is 1.75. The van der Waals surface area contributed by atoms with Crippen LogP contribution in [0.4, 0.5) is 0 Å². The van der Waals surface area contributed by atoms with Gasteiger partial charge in [-0.3, -0.25) is 0 Å². The lowest BCUT2D eigenvalue weighted by Crippen LogP contribution is -1.94. The smallest absolute Gasteiger partial charge is 0.335 e. The molecule has 2 aromatic carbocycles. The SMILES string of the molecule is COc1ccc(C#Cc2ccc(C(=O)O)cc2)cc1OC. The molecule has 0 aliphatic heterocycles. The standard InChI is InChI=1S/C17H14O4/c1-20-15-10-7-13(11-16(15)21-2)4-3-12-5-8-14(9-6-12)17(18)19/h5-11H,1-2H3,(H,18,19). The molecule has 0 heterocycles. The van der Waals surface area contributed by atoms with Gasteiger partial charge in [0.1, 0.15) is 0 Å². The van der Waals surface area contributed by atoms with E-state index in [9.17, 15) is 4.79 Å². The fraction of sp³-hybridized carbons (Fsp3) is 0.118. The molecular formula is C17H14O4. The molecule has 0 bridgehead atoms. The van der Waals surface area contributed by atoms with Crippen molar-refractivity contribution in [3.8, 4) is 23.3 Å². The van der Waals surface area contributed by atoms with Crippen LogP contribution in [0, 0.1) is 11.8 Å². The van der Waals surface area contributed by atoms with E-state index in [2.05, 4.69) is 11.8 Å². The molecule has 0 saturated carbocycles. The molecule has 4 heteroatoms. The van der Waals surface area contributed by atoms with Crippen LogP contribution in [0.15, 0.2) is 42.5 Å². The molecule has 0 spiro atoms. The van der Waals surface area contributed by atoms with Crippen LogP contribution < -0.4 is 9.47 Å². The van der Waals surface area contributed by atoms with Crippen molar-refractivity contribution in [2.24, 2.45) is 0 Å². The molecule has 106 valence electrons. The first-order valence-corrected chi connectivity index (χ1v) is 6.21. The minimum atomic E-state index is -0.950. The Morgan fingerprint density at radius 2 is 1.48 bits per heavy atom. The first-order valence-electron chi connectivity index (χ1n) is 6.21. The first-order chi connectivity index (χ1) is 10.1. The third-order valence-corrected chi connectivity index (χ3v) is 2.87. The van der Waals surface area contributed by atoms with Crippen molar-refractivity contribution in [3.63, 3.8) is 0 Å². The lowest BCUT2D eigenvalue weighted by Gasteiger charge is -2.06. The lowest BCUT2D eigenvalue weighted by atomic mass is 10.1. The third kappa shape index (κ3) is 3.54. The molecule has 0 aliphatic rings. The number of carboxylic acids is 1. The number of carbonyl (C=O) groups is 1. The summed E-state index contributed by atoms with van der Waals surface area (Å²) in [5.41, 5.74) is 1.77. The Labute approximate surface area is 122 Å². The molecule has 0 amide bonds. The molecule has 0 atom stereocenters. The molecule has 1 N–H and O–H groups in total. The number of benzene rings is 2. The van der Waals surface area contributed by atoms with E-state index in [0.717, 1.165) is 11.1 Å². The zero-order chi connectivity index (χ0) is 15.2. The highest BCUT2D eigenvalue weighted by atomic mass is 16.5. The molecule has 0 aliphatic carbocycles. The summed E-state index contributed by atoms with van der Waals surface area (Å²) < 4.78 is 10.4. The van der Waals surface area contributed by atoms with E-state index in [-0.39, 0.29) is 5.56 Å². The molecule has 0 fully saturated rings. The number of aromatic carboxylic acids is 1. The number of methoxy groups -OCH3 is 2. The predicted molar refractivity (Wildman–Crippen MR) is 78.9 cm³/mol. The van der Waals surface area contributed by atoms with Crippen LogP contribution >= 0.6 is 0 Å². The molecule has 2 rings (SSSR count). The van der Waals surface area contributed by atoms with E-state index in [1.807, 2.05) is 6.07 Å². The summed E-state index contributed by atoms with van der Waals surface area (Å²) in [7, 11) is 3.15. The summed E-state index contributed by atoms with van der Waals surface area (Å²) in [5, 5.41) is 8.83. The normalized spacial score (nSPS) is 9.43. The van der Waals surface area contributed by atoms with Crippen molar-refractivity contribution in [2.45, 2.75) is 0 Å². The predicted octanol–water partition coefficient (Wildman–Crippen LogP) is 2.80. The quantitative estimate of drug-likeness (QED) is 0.879. The van der Waals surface area contributed by atoms with Gasteiger partial charge in [-0.05, 0) is 42.5 Å². The Hall–Kier alpha value is -2.93. The summed E-state index contributed by atoms with van der Waals surface area (Å²) in [4.78, 5) is 10.8. The van der Waals surface area contributed by atoms with Crippen LogP contribution in [0.3, 0.4) is 0 Å². The summed E-state index contributed by atoms with van der Waals surface area (Å²) in [6.07, 6.45) is 0. The van der Waals surface area contributed by atoms with Crippen molar-refractivity contribution >= 4 is 5.97 Å². The Bertz CT molecular complexity index is 706. The Morgan fingerprint density at radius 3 is 2.05 bits per heavy atom. The minimum Gasteiger partial charge on any atom is -0.493 e. The summed E-state index contributed by atoms with van der Waals surface area (Å²) in [6, 6.07) is 11.8. The second-order valence-electron chi connectivity index (χ2n) is 4.20. The van der Waals surface area contributed by atoms with Crippen molar-refractivity contribution < 1.29 is 19.4 Å². The van der Waals surface area contributed by atoms with Gasteiger partial charge in [0.15, 0.2) is 11.5 Å². The molecule has 2 aromatic rings. The van der Waals surface area contributed by atoms with Crippen LogP contribution in [0.25, 0.3) is 0 Å². The van der Waals surface area contributed by atoms with Gasteiger partial charge in [-0.1, -0.05) is 11.8 Å². The number of rotatable bonds is 3. The van der Waals surface area contributed by atoms with Gasteiger partial charge in [-0.2, -0.15) is 0 Å². The topological polar surface area (TPSA) is 55.8 Å². The van der Waals surface area contributed by atoms with Gasteiger partial charge < -0.3 is 14.6 Å². The Morgan fingerprint density at radius 1 is 0.905 bits per heavy atom. The molecular weight excluding hydrogens is 268 g/mol. The van der Waals surface area contributed by atoms with Gasteiger partial charge in [-0.15, -0.1) is 0 Å². The van der Waals surface area contributed by atoms with E-state index >= 15 is 0 Å². The molecule has 4 nitrogen and oxygen atoms in total. The van der Waals surface area contributed by atoms with E-state index in [1.165, 1.54) is 12.1 Å². The molecule has 21 heavy (non-hydrogen) atoms. The van der Waals surface area contributed by atoms with Crippen LogP contribution in [-0.2, 0) is 0 Å². The first kappa shape index (κ1) is 14.5. The van der Waals surface area contributed by atoms with Crippen LogP contribution in [0.2, 0.25) is 0 Å². The van der Waals surface area contributed by atoms with Crippen LogP contribution in [-0.4, -0.2) is 25.3 Å². The summed E-state index contributed by atoms with van der Waals surface area (Å²) in [5.74, 6) is 6.29. The van der Waals surface area contributed by atoms with Crippen molar-refractivity contribution in [3.05, 3.63) is 59.2 Å². The van der Waals surface area contributed by atoms with Crippen molar-refractivity contribution in [2.75, 3.05) is 14.2 Å². The summed E-state index contributed by atoms with van der Waals surface area (Å²) in [6.45, 7) is 0. The van der Waals surface area contributed by atoms with E-state index in [1.54, 1.807) is 38.5 Å². The lowest BCUT2D eigenvalue weighted by molar-refractivity contribution is 0.0697. The van der Waals surface area contributed by atoms with Crippen LogP contribution in [0.5, 0.6) is 11.5 Å². The van der Waals surface area contributed by atoms with Gasteiger partial charge in [0.25, 0.3) is 0 Å². The third-order valence-electron chi connectivity index (χ3n) is 2.87. The highest BCUT2D eigenvalue weighted by Gasteiger charge is 2.03. The van der Waals surface area contributed by atoms with E-state index < -0.39 is 5.97 Å². The number of hydrogen-bond donors (Lipinski definition) is 1. The highest BCUT2D eigenvalue weighted by molar-refractivity contribution is 5.87. The second kappa shape index (κ2) is 6.49. The average molecular weight is 282 g/mol.